The van der Waals surface area contributed by atoms with Crippen LogP contribution in [0, 0.1) is 5.92 Å². The van der Waals surface area contributed by atoms with Crippen molar-refractivity contribution in [2.45, 2.75) is 32.9 Å². The maximum atomic E-state index is 10.8. The molecule has 1 rings (SSSR count). The average Bonchev–Trinajstić information content (AvgIpc) is 2.42. The van der Waals surface area contributed by atoms with Crippen LogP contribution in [0.25, 0.3) is 0 Å². The van der Waals surface area contributed by atoms with Crippen molar-refractivity contribution in [2.24, 2.45) is 10.9 Å². The lowest BCUT2D eigenvalue weighted by molar-refractivity contribution is -0.118. The number of carbonyl (C=O) groups excluding carboxylic acids is 1. The zero-order valence-corrected chi connectivity index (χ0v) is 13.9. The molecule has 6 heteroatoms. The van der Waals surface area contributed by atoms with E-state index in [1.54, 1.807) is 0 Å². The molecule has 2 N–H and O–H groups in total. The summed E-state index contributed by atoms with van der Waals surface area (Å²) in [6, 6.07) is 0. The van der Waals surface area contributed by atoms with Crippen molar-refractivity contribution in [3.8, 4) is 0 Å². The van der Waals surface area contributed by atoms with Crippen LogP contribution in [0.5, 0.6) is 0 Å². The highest BCUT2D eigenvalue weighted by molar-refractivity contribution is 8.00. The summed E-state index contributed by atoms with van der Waals surface area (Å²) in [4.78, 5) is 17.8. The van der Waals surface area contributed by atoms with Crippen LogP contribution < -0.4 is 10.6 Å². The number of nitrogens with one attached hydrogen (secondary N) is 2. The van der Waals surface area contributed by atoms with E-state index in [4.69, 9.17) is 0 Å². The first-order valence-corrected chi connectivity index (χ1v) is 8.48. The van der Waals surface area contributed by atoms with Gasteiger partial charge >= 0.3 is 0 Å². The summed E-state index contributed by atoms with van der Waals surface area (Å²) in [5.41, 5.74) is 0. The predicted octanol–water partition coefficient (Wildman–Crippen LogP) is 1.16. The van der Waals surface area contributed by atoms with Crippen LogP contribution in [0.2, 0.25) is 0 Å². The first-order chi connectivity index (χ1) is 9.54. The van der Waals surface area contributed by atoms with Gasteiger partial charge in [0.2, 0.25) is 5.91 Å². The molecule has 1 amide bonds. The van der Waals surface area contributed by atoms with Crippen molar-refractivity contribution in [1.82, 2.24) is 15.5 Å². The van der Waals surface area contributed by atoms with Crippen molar-refractivity contribution >= 4 is 23.6 Å². The molecule has 0 aliphatic carbocycles. The fourth-order valence-electron chi connectivity index (χ4n) is 2.09. The summed E-state index contributed by atoms with van der Waals surface area (Å²) in [6.45, 7) is 12.4. The third-order valence-electron chi connectivity index (χ3n) is 3.22. The van der Waals surface area contributed by atoms with Gasteiger partial charge in [-0.15, -0.1) is 0 Å². The maximum Gasteiger partial charge on any atom is 0.216 e. The molecule has 1 aliphatic rings. The molecule has 0 spiro atoms. The largest absolute Gasteiger partial charge is 0.357 e. The zero-order valence-electron chi connectivity index (χ0n) is 13.1. The van der Waals surface area contributed by atoms with Crippen LogP contribution in [0.3, 0.4) is 0 Å². The molecule has 1 heterocycles. The van der Waals surface area contributed by atoms with Crippen LogP contribution >= 0.6 is 11.8 Å². The smallest absolute Gasteiger partial charge is 0.216 e. The Morgan fingerprint density at radius 1 is 1.45 bits per heavy atom. The normalized spacial score (nSPS) is 20.1. The highest BCUT2D eigenvalue weighted by Gasteiger charge is 2.24. The molecule has 0 aromatic heterocycles. The number of amides is 1. The van der Waals surface area contributed by atoms with Crippen molar-refractivity contribution in [3.63, 3.8) is 0 Å². The molecule has 1 atom stereocenters. The highest BCUT2D eigenvalue weighted by Crippen LogP contribution is 2.24. The van der Waals surface area contributed by atoms with Gasteiger partial charge in [0, 0.05) is 44.1 Å². The zero-order chi connectivity index (χ0) is 15.0. The third-order valence-corrected chi connectivity index (χ3v) is 4.76. The number of rotatable bonds is 5. The molecule has 1 saturated heterocycles. The summed E-state index contributed by atoms with van der Waals surface area (Å²) in [5, 5.41) is 6.80. The number of aliphatic imine (C=N–C) groups is 1. The minimum Gasteiger partial charge on any atom is -0.357 e. The van der Waals surface area contributed by atoms with Gasteiger partial charge in [-0.05, 0) is 12.8 Å². The summed E-state index contributed by atoms with van der Waals surface area (Å²) in [5.74, 6) is 2.81. The molecule has 5 nitrogen and oxygen atoms in total. The first kappa shape index (κ1) is 17.1. The van der Waals surface area contributed by atoms with Crippen molar-refractivity contribution in [3.05, 3.63) is 0 Å². The number of carbonyl (C=O) groups is 1. The van der Waals surface area contributed by atoms with E-state index in [-0.39, 0.29) is 5.91 Å². The monoisotopic (exact) mass is 300 g/mol. The molecule has 116 valence electrons. The Morgan fingerprint density at radius 3 is 2.80 bits per heavy atom. The second kappa shape index (κ2) is 9.10. The molecule has 0 radical (unpaired) electrons. The highest BCUT2D eigenvalue weighted by atomic mass is 32.2. The minimum absolute atomic E-state index is 0.000514. The molecular formula is C14H28N4OS. The summed E-state index contributed by atoms with van der Waals surface area (Å²) in [6.07, 6.45) is 0. The summed E-state index contributed by atoms with van der Waals surface area (Å²) in [7, 11) is 0. The van der Waals surface area contributed by atoms with Gasteiger partial charge < -0.3 is 15.5 Å². The van der Waals surface area contributed by atoms with Crippen molar-refractivity contribution in [2.75, 3.05) is 38.5 Å². The van der Waals surface area contributed by atoms with Gasteiger partial charge in [-0.2, -0.15) is 11.8 Å². The Balaban J connectivity index is 2.55. The quantitative estimate of drug-likeness (QED) is 0.454. The average molecular weight is 300 g/mol. The SMILES string of the molecule is CCNC(=NCCNC(C)=O)N1CCSC(C(C)C)C1. The van der Waals surface area contributed by atoms with Gasteiger partial charge in [0.05, 0.1) is 6.54 Å². The molecule has 1 unspecified atom stereocenters. The van der Waals surface area contributed by atoms with Crippen LogP contribution in [0.4, 0.5) is 0 Å². The second-order valence-corrected chi connectivity index (χ2v) is 6.66. The third kappa shape index (κ3) is 6.03. The lowest BCUT2D eigenvalue weighted by Gasteiger charge is -2.36. The van der Waals surface area contributed by atoms with Crippen LogP contribution in [-0.4, -0.2) is 60.5 Å². The van der Waals surface area contributed by atoms with Crippen molar-refractivity contribution < 1.29 is 4.79 Å². The Hall–Kier alpha value is -0.910. The summed E-state index contributed by atoms with van der Waals surface area (Å²) >= 11 is 2.06. The van der Waals surface area contributed by atoms with E-state index in [0.29, 0.717) is 24.3 Å². The first-order valence-electron chi connectivity index (χ1n) is 7.43. The number of guanidine groups is 1. The van der Waals surface area contributed by atoms with Gasteiger partial charge in [0.1, 0.15) is 0 Å². The van der Waals surface area contributed by atoms with E-state index < -0.39 is 0 Å². The van der Waals surface area contributed by atoms with E-state index in [2.05, 4.69) is 53.1 Å². The Bertz CT molecular complexity index is 333. The van der Waals surface area contributed by atoms with Gasteiger partial charge in [-0.25, -0.2) is 0 Å². The van der Waals surface area contributed by atoms with Gasteiger partial charge in [0.25, 0.3) is 0 Å². The Labute approximate surface area is 127 Å². The van der Waals surface area contributed by atoms with E-state index in [9.17, 15) is 4.79 Å². The topological polar surface area (TPSA) is 56.7 Å². The fraction of sp³-hybridized carbons (Fsp3) is 0.857. The molecule has 20 heavy (non-hydrogen) atoms. The Morgan fingerprint density at radius 2 is 2.20 bits per heavy atom. The lowest BCUT2D eigenvalue weighted by atomic mass is 10.1. The minimum atomic E-state index is -0.000514. The molecule has 0 bridgehead atoms. The van der Waals surface area contributed by atoms with E-state index in [1.165, 1.54) is 6.92 Å². The molecule has 0 aromatic rings. The van der Waals surface area contributed by atoms with Crippen LogP contribution in [-0.2, 0) is 4.79 Å². The number of hydrogen-bond acceptors (Lipinski definition) is 3. The second-order valence-electron chi connectivity index (χ2n) is 5.32. The molecule has 1 aliphatic heterocycles. The standard InChI is InChI=1S/C14H28N4OS/c1-5-15-14(17-7-6-16-12(4)19)18-8-9-20-13(10-18)11(2)3/h11,13H,5-10H2,1-4H3,(H,15,17)(H,16,19). The van der Waals surface area contributed by atoms with Crippen molar-refractivity contribution in [1.29, 1.82) is 0 Å². The number of thioether (sulfide) groups is 1. The van der Waals surface area contributed by atoms with Crippen LogP contribution in [0.1, 0.15) is 27.7 Å². The lowest BCUT2D eigenvalue weighted by Crippen LogP contribution is -2.49. The molecular weight excluding hydrogens is 272 g/mol. The number of nitrogens with zero attached hydrogens (tertiary/aromatic N) is 2. The molecule has 0 saturated carbocycles. The predicted molar refractivity (Wildman–Crippen MR) is 87.3 cm³/mol. The molecule has 1 fully saturated rings. The van der Waals surface area contributed by atoms with Gasteiger partial charge in [0.15, 0.2) is 5.96 Å². The van der Waals surface area contributed by atoms with Crippen LogP contribution in [0.15, 0.2) is 4.99 Å². The fourth-order valence-corrected chi connectivity index (χ4v) is 3.39. The maximum absolute atomic E-state index is 10.8. The van der Waals surface area contributed by atoms with Gasteiger partial charge in [-0.3, -0.25) is 9.79 Å². The van der Waals surface area contributed by atoms with E-state index in [0.717, 1.165) is 31.3 Å². The van der Waals surface area contributed by atoms with E-state index >= 15 is 0 Å². The Kier molecular flexibility index (Phi) is 7.80. The summed E-state index contributed by atoms with van der Waals surface area (Å²) < 4.78 is 0. The molecule has 0 aromatic carbocycles. The van der Waals surface area contributed by atoms with Gasteiger partial charge in [-0.1, -0.05) is 13.8 Å². The van der Waals surface area contributed by atoms with E-state index in [1.807, 2.05) is 0 Å². The number of hydrogen-bond donors (Lipinski definition) is 2.